The zero-order valence-corrected chi connectivity index (χ0v) is 19.0. The van der Waals surface area contributed by atoms with Gasteiger partial charge in [-0.25, -0.2) is 14.5 Å². The van der Waals surface area contributed by atoms with E-state index in [1.165, 1.54) is 4.90 Å². The number of rotatable bonds is 5. The Balaban J connectivity index is 1.33. The summed E-state index contributed by atoms with van der Waals surface area (Å²) in [7, 11) is 0. The lowest BCUT2D eigenvalue weighted by Crippen LogP contribution is -2.69. The fourth-order valence-electron chi connectivity index (χ4n) is 5.18. The first kappa shape index (κ1) is 23.2. The molecule has 4 amide bonds. The van der Waals surface area contributed by atoms with Gasteiger partial charge in [0.25, 0.3) is 0 Å². The van der Waals surface area contributed by atoms with Crippen molar-refractivity contribution in [2.75, 3.05) is 39.3 Å². The number of carbonyl (C=O) groups excluding carboxylic acids is 3. The normalized spacial score (nSPS) is 24.9. The van der Waals surface area contributed by atoms with Crippen molar-refractivity contribution < 1.29 is 24.3 Å². The molecule has 3 heterocycles. The molecule has 9 heteroatoms. The van der Waals surface area contributed by atoms with E-state index in [9.17, 15) is 24.3 Å². The molecule has 3 aliphatic heterocycles. The second-order valence-electron chi connectivity index (χ2n) is 9.25. The van der Waals surface area contributed by atoms with Gasteiger partial charge in [-0.05, 0) is 50.8 Å². The Labute approximate surface area is 193 Å². The van der Waals surface area contributed by atoms with Gasteiger partial charge in [0.15, 0.2) is 6.04 Å². The number of carbonyl (C=O) groups is 4. The Bertz CT molecular complexity index is 893. The summed E-state index contributed by atoms with van der Waals surface area (Å²) in [5.41, 5.74) is 0.941. The number of carboxylic acids is 1. The van der Waals surface area contributed by atoms with Gasteiger partial charge in [0, 0.05) is 26.2 Å². The molecule has 178 valence electrons. The van der Waals surface area contributed by atoms with Crippen LogP contribution < -0.4 is 5.32 Å². The van der Waals surface area contributed by atoms with Crippen molar-refractivity contribution in [2.24, 2.45) is 11.8 Å². The van der Waals surface area contributed by atoms with Crippen LogP contribution >= 0.6 is 0 Å². The van der Waals surface area contributed by atoms with Crippen LogP contribution in [0.1, 0.15) is 37.7 Å². The third-order valence-corrected chi connectivity index (χ3v) is 7.25. The van der Waals surface area contributed by atoms with Gasteiger partial charge in [0.05, 0.1) is 11.8 Å². The van der Waals surface area contributed by atoms with E-state index in [0.717, 1.165) is 36.4 Å². The maximum absolute atomic E-state index is 13.0. The molecule has 4 rings (SSSR count). The molecule has 3 aliphatic rings. The van der Waals surface area contributed by atoms with Crippen molar-refractivity contribution in [1.82, 2.24) is 20.0 Å². The number of benzene rings is 1. The molecule has 0 spiro atoms. The highest BCUT2D eigenvalue weighted by Gasteiger charge is 2.56. The van der Waals surface area contributed by atoms with Crippen molar-refractivity contribution in [2.45, 2.75) is 38.1 Å². The van der Waals surface area contributed by atoms with E-state index in [1.54, 1.807) is 4.90 Å². The van der Waals surface area contributed by atoms with E-state index in [-0.39, 0.29) is 30.8 Å². The zero-order chi connectivity index (χ0) is 23.5. The van der Waals surface area contributed by atoms with E-state index in [1.807, 2.05) is 37.3 Å². The number of urea groups is 1. The molecule has 33 heavy (non-hydrogen) atoms. The molecule has 3 atom stereocenters. The number of piperidine rings is 1. The van der Waals surface area contributed by atoms with Crippen molar-refractivity contribution in [1.29, 1.82) is 0 Å². The van der Waals surface area contributed by atoms with Crippen LogP contribution in [0.5, 0.6) is 0 Å². The summed E-state index contributed by atoms with van der Waals surface area (Å²) in [4.78, 5) is 54.7. The number of amides is 4. The lowest BCUT2D eigenvalue weighted by atomic mass is 9.78. The van der Waals surface area contributed by atoms with E-state index in [2.05, 4.69) is 5.32 Å². The van der Waals surface area contributed by atoms with E-state index >= 15 is 0 Å². The van der Waals surface area contributed by atoms with Gasteiger partial charge in [-0.2, -0.15) is 0 Å². The second kappa shape index (κ2) is 9.91. The molecular formula is C24H32N4O5. The zero-order valence-electron chi connectivity index (χ0n) is 19.0. The minimum atomic E-state index is -1.13. The number of β-lactam (4-membered cyclic amide) rings is 1. The molecule has 2 N–H and O–H groups in total. The summed E-state index contributed by atoms with van der Waals surface area (Å²) in [6, 6.07) is 7.89. The quantitative estimate of drug-likeness (QED) is 0.648. The van der Waals surface area contributed by atoms with E-state index in [4.69, 9.17) is 0 Å². The Morgan fingerprint density at radius 1 is 1.03 bits per heavy atom. The Kier molecular flexibility index (Phi) is 6.97. The topological polar surface area (TPSA) is 110 Å². The van der Waals surface area contributed by atoms with Crippen LogP contribution in [0.15, 0.2) is 30.3 Å². The van der Waals surface area contributed by atoms with Crippen molar-refractivity contribution >= 4 is 23.8 Å². The summed E-state index contributed by atoms with van der Waals surface area (Å²) in [5, 5.41) is 13.0. The summed E-state index contributed by atoms with van der Waals surface area (Å²) in [6.07, 6.45) is 2.35. The molecule has 0 bridgehead atoms. The number of hydrogen-bond donors (Lipinski definition) is 2. The fraction of sp³-hybridized carbons (Fsp3) is 0.583. The molecule has 0 unspecified atom stereocenters. The van der Waals surface area contributed by atoms with Gasteiger partial charge >= 0.3 is 12.0 Å². The maximum atomic E-state index is 13.0. The molecule has 9 nitrogen and oxygen atoms in total. The number of aliphatic carboxylic acids is 1. The number of nitrogens with one attached hydrogen (secondary N) is 1. The molecule has 0 aromatic heterocycles. The number of carboxylic acid groups (broad SMARTS) is 1. The van der Waals surface area contributed by atoms with Crippen LogP contribution in [0.3, 0.4) is 0 Å². The monoisotopic (exact) mass is 456 g/mol. The largest absolute Gasteiger partial charge is 0.480 e. The highest BCUT2D eigenvalue weighted by atomic mass is 16.4. The van der Waals surface area contributed by atoms with Gasteiger partial charge in [-0.15, -0.1) is 0 Å². The number of hydrogen-bond acceptors (Lipinski definition) is 5. The van der Waals surface area contributed by atoms with E-state index in [0.29, 0.717) is 25.4 Å². The first-order valence-corrected chi connectivity index (χ1v) is 11.8. The summed E-state index contributed by atoms with van der Waals surface area (Å²) < 4.78 is 0. The predicted octanol–water partition coefficient (Wildman–Crippen LogP) is 1.36. The third-order valence-electron chi connectivity index (χ3n) is 7.25. The number of piperazine rings is 1. The van der Waals surface area contributed by atoms with Crippen LogP contribution in [-0.2, 0) is 14.4 Å². The molecule has 3 saturated heterocycles. The Hall–Kier alpha value is -2.94. The van der Waals surface area contributed by atoms with Gasteiger partial charge < -0.3 is 20.2 Å². The van der Waals surface area contributed by atoms with Crippen LogP contribution in [0.4, 0.5) is 4.79 Å². The van der Waals surface area contributed by atoms with Gasteiger partial charge in [0.2, 0.25) is 11.8 Å². The third kappa shape index (κ3) is 4.73. The standard InChI is InChI=1S/C24H32N4O5/c1-16(18-5-3-2-4-6-18)21(29)26-11-13-27(14-12-26)24(33)28-20(23(31)32)19(22(28)30)15-17-7-9-25-10-8-17/h2-6,16-17,19-20,25H,7-15H2,1H3,(H,31,32)/t16-,19+,20-/m0/s1. The smallest absolute Gasteiger partial charge is 0.327 e. The Morgan fingerprint density at radius 3 is 2.24 bits per heavy atom. The maximum Gasteiger partial charge on any atom is 0.327 e. The number of likely N-dealkylation sites (tertiary alicyclic amines) is 1. The molecular weight excluding hydrogens is 424 g/mol. The van der Waals surface area contributed by atoms with Crippen molar-refractivity contribution in [3.8, 4) is 0 Å². The molecule has 1 aromatic rings. The first-order chi connectivity index (χ1) is 15.9. The predicted molar refractivity (Wildman–Crippen MR) is 120 cm³/mol. The lowest BCUT2D eigenvalue weighted by molar-refractivity contribution is -0.167. The van der Waals surface area contributed by atoms with Crippen molar-refractivity contribution in [3.63, 3.8) is 0 Å². The van der Waals surface area contributed by atoms with Gasteiger partial charge in [-0.1, -0.05) is 30.3 Å². The second-order valence-corrected chi connectivity index (χ2v) is 9.25. The molecule has 0 aliphatic carbocycles. The average molecular weight is 457 g/mol. The number of nitrogens with zero attached hydrogens (tertiary/aromatic N) is 3. The van der Waals surface area contributed by atoms with E-state index < -0.39 is 24.0 Å². The summed E-state index contributed by atoms with van der Waals surface area (Å²) in [5.74, 6) is -2.13. The van der Waals surface area contributed by atoms with Crippen LogP contribution in [0.25, 0.3) is 0 Å². The van der Waals surface area contributed by atoms with Crippen LogP contribution in [0, 0.1) is 11.8 Å². The molecule has 3 fully saturated rings. The Morgan fingerprint density at radius 2 is 1.64 bits per heavy atom. The molecule has 0 radical (unpaired) electrons. The summed E-state index contributed by atoms with van der Waals surface area (Å²) in [6.45, 7) is 4.89. The first-order valence-electron chi connectivity index (χ1n) is 11.8. The summed E-state index contributed by atoms with van der Waals surface area (Å²) >= 11 is 0. The minimum Gasteiger partial charge on any atom is -0.480 e. The highest BCUT2D eigenvalue weighted by Crippen LogP contribution is 2.35. The van der Waals surface area contributed by atoms with Gasteiger partial charge in [-0.3, -0.25) is 9.59 Å². The van der Waals surface area contributed by atoms with Crippen LogP contribution in [-0.4, -0.2) is 88.9 Å². The minimum absolute atomic E-state index is 0.00114. The number of imide groups is 1. The van der Waals surface area contributed by atoms with Crippen LogP contribution in [0.2, 0.25) is 0 Å². The van der Waals surface area contributed by atoms with Crippen molar-refractivity contribution in [3.05, 3.63) is 35.9 Å². The molecule has 1 aromatic carbocycles. The fourth-order valence-corrected chi connectivity index (χ4v) is 5.18. The van der Waals surface area contributed by atoms with Gasteiger partial charge in [0.1, 0.15) is 0 Å². The highest BCUT2D eigenvalue weighted by molar-refractivity contribution is 6.07. The average Bonchev–Trinajstić information content (AvgIpc) is 2.85. The lowest BCUT2D eigenvalue weighted by Gasteiger charge is -2.47. The SMILES string of the molecule is C[C@H](C(=O)N1CCN(C(=O)N2C(=O)[C@H](CC3CCNCC3)[C@H]2C(=O)O)CC1)c1ccccc1. The molecule has 0 saturated carbocycles.